The molecule has 1 aliphatic heterocycles. The number of aliphatic hydroxyl groups excluding tert-OH is 2. The van der Waals surface area contributed by atoms with E-state index in [4.69, 9.17) is 16.2 Å². The molecule has 0 radical (unpaired) electrons. The number of rotatable bonds is 7. The lowest BCUT2D eigenvalue weighted by Crippen LogP contribution is -2.38. The summed E-state index contributed by atoms with van der Waals surface area (Å²) < 4.78 is 7.48. The number of nitrogens with one attached hydrogen (secondary N) is 1. The van der Waals surface area contributed by atoms with E-state index in [0.717, 1.165) is 12.0 Å². The first-order valence-corrected chi connectivity index (χ1v) is 9.52. The van der Waals surface area contributed by atoms with Crippen molar-refractivity contribution < 1.29 is 14.9 Å². The molecule has 7 N–H and O–H groups in total. The van der Waals surface area contributed by atoms with E-state index in [0.29, 0.717) is 30.8 Å². The number of nitrogens with two attached hydrogens (primary N) is 2. The van der Waals surface area contributed by atoms with E-state index >= 15 is 0 Å². The van der Waals surface area contributed by atoms with Gasteiger partial charge in [-0.2, -0.15) is 0 Å². The maximum Gasteiger partial charge on any atom is 0.167 e. The quantitative estimate of drug-likeness (QED) is 0.325. The minimum Gasteiger partial charge on any atom is -0.387 e. The number of hydrogen-bond donors (Lipinski definition) is 5. The monoisotopic (exact) mass is 399 g/mol. The number of fused-ring (bicyclic) bond motifs is 1. The number of ether oxygens (including phenoxy) is 1. The van der Waals surface area contributed by atoms with Gasteiger partial charge in [-0.25, -0.2) is 15.0 Å². The Hall–Kier alpha value is -2.63. The second-order valence-electron chi connectivity index (χ2n) is 7.06. The molecule has 10 heteroatoms. The molecular formula is C19H25N7O3. The molecule has 1 aliphatic rings. The minimum absolute atomic E-state index is 0.248. The normalized spacial score (nSPS) is 24.4. The highest BCUT2D eigenvalue weighted by Crippen LogP contribution is 2.31. The van der Waals surface area contributed by atoms with Crippen LogP contribution in [-0.2, 0) is 17.7 Å². The Labute approximate surface area is 167 Å². The SMILES string of the molecule is NCc1ccccc1CCNC[C@H]1O[C@@H](n2cnc3c(N)ncnc32)[C@H](O)[C@@H]1O. The van der Waals surface area contributed by atoms with Crippen molar-refractivity contribution in [3.05, 3.63) is 48.0 Å². The van der Waals surface area contributed by atoms with Gasteiger partial charge in [-0.15, -0.1) is 0 Å². The van der Waals surface area contributed by atoms with Crippen molar-refractivity contribution in [3.8, 4) is 0 Å². The van der Waals surface area contributed by atoms with Crippen molar-refractivity contribution in [3.63, 3.8) is 0 Å². The standard InChI is InChI=1S/C19H25N7O3/c20-7-12-4-2-1-3-11(12)5-6-22-8-13-15(27)16(28)19(29-13)26-10-25-14-17(21)23-9-24-18(14)26/h1-4,9-10,13,15-16,19,22,27-28H,5-8,20H2,(H2,21,23,24)/t13-,15-,16-,19-/m1/s1. The lowest BCUT2D eigenvalue weighted by molar-refractivity contribution is -0.0341. The van der Waals surface area contributed by atoms with Gasteiger partial charge in [0, 0.05) is 13.1 Å². The molecule has 3 heterocycles. The number of hydrogen-bond acceptors (Lipinski definition) is 9. The summed E-state index contributed by atoms with van der Waals surface area (Å²) in [4.78, 5) is 12.3. The summed E-state index contributed by atoms with van der Waals surface area (Å²) in [6.07, 6.45) is 0.0749. The van der Waals surface area contributed by atoms with Gasteiger partial charge < -0.3 is 31.7 Å². The highest BCUT2D eigenvalue weighted by Gasteiger charge is 2.44. The maximum atomic E-state index is 10.5. The Morgan fingerprint density at radius 1 is 1.10 bits per heavy atom. The van der Waals surface area contributed by atoms with Gasteiger partial charge >= 0.3 is 0 Å². The predicted octanol–water partition coefficient (Wildman–Crippen LogP) is -0.681. The molecule has 0 unspecified atom stereocenters. The van der Waals surface area contributed by atoms with Gasteiger partial charge in [-0.05, 0) is 24.1 Å². The van der Waals surface area contributed by atoms with Gasteiger partial charge in [0.2, 0.25) is 0 Å². The van der Waals surface area contributed by atoms with Crippen molar-refractivity contribution in [2.24, 2.45) is 5.73 Å². The molecule has 1 fully saturated rings. The molecule has 4 atom stereocenters. The first kappa shape index (κ1) is 19.7. The molecule has 10 nitrogen and oxygen atoms in total. The number of imidazole rings is 1. The van der Waals surface area contributed by atoms with Crippen molar-refractivity contribution >= 4 is 17.0 Å². The van der Waals surface area contributed by atoms with Gasteiger partial charge in [0.25, 0.3) is 0 Å². The fourth-order valence-corrected chi connectivity index (χ4v) is 3.65. The zero-order chi connectivity index (χ0) is 20.4. The third-order valence-corrected chi connectivity index (χ3v) is 5.25. The van der Waals surface area contributed by atoms with E-state index in [-0.39, 0.29) is 5.82 Å². The Morgan fingerprint density at radius 2 is 1.90 bits per heavy atom. The van der Waals surface area contributed by atoms with E-state index in [2.05, 4.69) is 26.3 Å². The number of benzene rings is 1. The van der Waals surface area contributed by atoms with E-state index < -0.39 is 24.5 Å². The van der Waals surface area contributed by atoms with Crippen molar-refractivity contribution in [1.82, 2.24) is 24.8 Å². The lowest BCUT2D eigenvalue weighted by atomic mass is 10.0. The van der Waals surface area contributed by atoms with Crippen molar-refractivity contribution in [2.75, 3.05) is 18.8 Å². The molecule has 0 spiro atoms. The van der Waals surface area contributed by atoms with E-state index in [1.807, 2.05) is 18.2 Å². The van der Waals surface area contributed by atoms with Crippen LogP contribution in [0.25, 0.3) is 11.2 Å². The molecule has 1 aromatic carbocycles. The Bertz CT molecular complexity index is 979. The van der Waals surface area contributed by atoms with Crippen LogP contribution < -0.4 is 16.8 Å². The second kappa shape index (κ2) is 8.39. The van der Waals surface area contributed by atoms with E-state index in [9.17, 15) is 10.2 Å². The summed E-state index contributed by atoms with van der Waals surface area (Å²) in [5.74, 6) is 0.248. The fraction of sp³-hybridized carbons (Fsp3) is 0.421. The predicted molar refractivity (Wildman–Crippen MR) is 107 cm³/mol. The minimum atomic E-state index is -1.12. The highest BCUT2D eigenvalue weighted by atomic mass is 16.6. The third-order valence-electron chi connectivity index (χ3n) is 5.25. The molecule has 0 aliphatic carbocycles. The van der Waals surface area contributed by atoms with Crippen LogP contribution in [0.5, 0.6) is 0 Å². The van der Waals surface area contributed by atoms with Crippen LogP contribution in [0.15, 0.2) is 36.9 Å². The van der Waals surface area contributed by atoms with Gasteiger partial charge in [-0.3, -0.25) is 4.57 Å². The molecular weight excluding hydrogens is 374 g/mol. The molecule has 154 valence electrons. The number of nitrogens with zero attached hydrogens (tertiary/aromatic N) is 4. The fourth-order valence-electron chi connectivity index (χ4n) is 3.65. The topological polar surface area (TPSA) is 157 Å². The number of nitrogen functional groups attached to an aromatic ring is 1. The van der Waals surface area contributed by atoms with Gasteiger partial charge in [-0.1, -0.05) is 24.3 Å². The average Bonchev–Trinajstić information content (AvgIpc) is 3.28. The molecule has 3 aromatic rings. The summed E-state index contributed by atoms with van der Waals surface area (Å²) >= 11 is 0. The Morgan fingerprint density at radius 3 is 2.69 bits per heavy atom. The molecule has 0 bridgehead atoms. The summed E-state index contributed by atoms with van der Waals surface area (Å²) in [7, 11) is 0. The smallest absolute Gasteiger partial charge is 0.167 e. The van der Waals surface area contributed by atoms with Gasteiger partial charge in [0.05, 0.1) is 6.33 Å². The zero-order valence-corrected chi connectivity index (χ0v) is 15.8. The van der Waals surface area contributed by atoms with Gasteiger partial charge in [0.15, 0.2) is 17.7 Å². The van der Waals surface area contributed by atoms with Crippen LogP contribution in [0.3, 0.4) is 0 Å². The second-order valence-corrected chi connectivity index (χ2v) is 7.06. The summed E-state index contributed by atoms with van der Waals surface area (Å²) in [6.45, 7) is 1.59. The van der Waals surface area contributed by atoms with Crippen LogP contribution in [0.2, 0.25) is 0 Å². The lowest BCUT2D eigenvalue weighted by Gasteiger charge is -2.16. The van der Waals surface area contributed by atoms with Crippen LogP contribution in [0, 0.1) is 0 Å². The number of aliphatic hydroxyl groups is 2. The molecule has 2 aromatic heterocycles. The number of aromatic nitrogens is 4. The van der Waals surface area contributed by atoms with Crippen LogP contribution in [0.1, 0.15) is 17.4 Å². The number of anilines is 1. The molecule has 0 saturated carbocycles. The Balaban J connectivity index is 1.38. The summed E-state index contributed by atoms with van der Waals surface area (Å²) in [5, 5.41) is 24.2. The Kier molecular flexibility index (Phi) is 5.69. The third kappa shape index (κ3) is 3.80. The van der Waals surface area contributed by atoms with Crippen LogP contribution in [-0.4, -0.2) is 61.1 Å². The van der Waals surface area contributed by atoms with Crippen LogP contribution >= 0.6 is 0 Å². The first-order chi connectivity index (χ1) is 14.1. The summed E-state index contributed by atoms with van der Waals surface area (Å²) in [5.41, 5.74) is 14.8. The zero-order valence-electron chi connectivity index (χ0n) is 15.8. The molecule has 0 amide bonds. The van der Waals surface area contributed by atoms with E-state index in [1.54, 1.807) is 4.57 Å². The molecule has 29 heavy (non-hydrogen) atoms. The van der Waals surface area contributed by atoms with Gasteiger partial charge in [0.1, 0.15) is 30.2 Å². The highest BCUT2D eigenvalue weighted by molar-refractivity contribution is 5.81. The molecule has 1 saturated heterocycles. The van der Waals surface area contributed by atoms with Crippen LogP contribution in [0.4, 0.5) is 5.82 Å². The summed E-state index contributed by atoms with van der Waals surface area (Å²) in [6, 6.07) is 8.04. The average molecular weight is 399 g/mol. The van der Waals surface area contributed by atoms with Crippen molar-refractivity contribution in [2.45, 2.75) is 37.5 Å². The largest absolute Gasteiger partial charge is 0.387 e. The maximum absolute atomic E-state index is 10.5. The van der Waals surface area contributed by atoms with Crippen molar-refractivity contribution in [1.29, 1.82) is 0 Å². The molecule has 4 rings (SSSR count). The first-order valence-electron chi connectivity index (χ1n) is 9.52. The van der Waals surface area contributed by atoms with E-state index in [1.165, 1.54) is 18.2 Å².